The SMILES string of the molecule is O=C(O)c1cc(-c2ccc(Oc3ccccc3)cc2)[nH]c2c(O)cc([N+](=O)[O-])c1-2. The van der Waals surface area contributed by atoms with Crippen LogP contribution in [0, 0.1) is 10.1 Å². The van der Waals surface area contributed by atoms with Crippen LogP contribution >= 0.6 is 0 Å². The first-order chi connectivity index (χ1) is 13.9. The van der Waals surface area contributed by atoms with Crippen molar-refractivity contribution in [1.82, 2.24) is 4.98 Å². The van der Waals surface area contributed by atoms with Crippen molar-refractivity contribution < 1.29 is 24.7 Å². The molecular formula is C21H14N2O6. The molecule has 3 N–H and O–H groups in total. The van der Waals surface area contributed by atoms with Crippen LogP contribution in [0.3, 0.4) is 0 Å². The molecular weight excluding hydrogens is 376 g/mol. The molecule has 1 aliphatic heterocycles. The van der Waals surface area contributed by atoms with Crippen molar-refractivity contribution in [1.29, 1.82) is 0 Å². The number of aromatic carboxylic acids is 1. The molecule has 0 fully saturated rings. The summed E-state index contributed by atoms with van der Waals surface area (Å²) < 4.78 is 5.73. The first-order valence-corrected chi connectivity index (χ1v) is 8.54. The molecule has 0 spiro atoms. The lowest BCUT2D eigenvalue weighted by molar-refractivity contribution is -0.383. The standard InChI is InChI=1S/C21H14N2O6/c24-18-11-17(23(27)28)19-15(21(25)26)10-16(22-20(18)19)12-6-8-14(9-7-12)29-13-4-2-1-3-5-13/h1-11,22,24H,(H,25,26). The van der Waals surface area contributed by atoms with Crippen molar-refractivity contribution in [3.63, 3.8) is 0 Å². The van der Waals surface area contributed by atoms with Crippen LogP contribution in [0.4, 0.5) is 5.69 Å². The molecule has 0 radical (unpaired) electrons. The fourth-order valence-electron chi connectivity index (χ4n) is 3.11. The number of nitro groups is 1. The minimum Gasteiger partial charge on any atom is -0.505 e. The number of carboxylic acid groups (broad SMARTS) is 1. The van der Waals surface area contributed by atoms with E-state index in [1.807, 2.05) is 30.3 Å². The molecule has 0 saturated carbocycles. The second kappa shape index (κ2) is 7.01. The molecule has 8 heteroatoms. The van der Waals surface area contributed by atoms with Gasteiger partial charge in [-0.3, -0.25) is 10.1 Å². The Morgan fingerprint density at radius 2 is 1.66 bits per heavy atom. The number of pyridine rings is 1. The Bertz CT molecular complexity index is 1180. The fraction of sp³-hybridized carbons (Fsp3) is 0. The van der Waals surface area contributed by atoms with E-state index in [-0.39, 0.29) is 22.6 Å². The minimum absolute atomic E-state index is 0.00351. The molecule has 1 heterocycles. The number of benzene rings is 2. The Morgan fingerprint density at radius 1 is 1.00 bits per heavy atom. The maximum Gasteiger partial charge on any atom is 0.336 e. The van der Waals surface area contributed by atoms with Gasteiger partial charge in [0, 0.05) is 5.69 Å². The van der Waals surface area contributed by atoms with Gasteiger partial charge in [0.25, 0.3) is 5.69 Å². The average molecular weight is 390 g/mol. The zero-order chi connectivity index (χ0) is 20.5. The lowest BCUT2D eigenvalue weighted by atomic mass is 10.0. The van der Waals surface area contributed by atoms with Crippen molar-refractivity contribution in [2.24, 2.45) is 0 Å². The lowest BCUT2D eigenvalue weighted by Crippen LogP contribution is -2.04. The van der Waals surface area contributed by atoms with Crippen LogP contribution in [0.15, 0.2) is 66.7 Å². The summed E-state index contributed by atoms with van der Waals surface area (Å²) in [6, 6.07) is 18.3. The van der Waals surface area contributed by atoms with E-state index in [0.717, 1.165) is 6.07 Å². The number of carbonyl (C=O) groups is 1. The van der Waals surface area contributed by atoms with E-state index < -0.39 is 16.6 Å². The quantitative estimate of drug-likeness (QED) is 0.329. The molecule has 0 atom stereocenters. The van der Waals surface area contributed by atoms with E-state index in [9.17, 15) is 25.1 Å². The van der Waals surface area contributed by atoms with E-state index in [1.54, 1.807) is 24.3 Å². The molecule has 8 nitrogen and oxygen atoms in total. The van der Waals surface area contributed by atoms with Gasteiger partial charge in [-0.1, -0.05) is 18.2 Å². The summed E-state index contributed by atoms with van der Waals surface area (Å²) in [4.78, 5) is 25.1. The van der Waals surface area contributed by atoms with Crippen molar-refractivity contribution in [2.45, 2.75) is 0 Å². The number of H-pyrrole nitrogens is 1. The number of aromatic amines is 1. The molecule has 1 aliphatic carbocycles. The van der Waals surface area contributed by atoms with Gasteiger partial charge in [0.1, 0.15) is 17.2 Å². The highest BCUT2D eigenvalue weighted by atomic mass is 16.6. The topological polar surface area (TPSA) is 126 Å². The van der Waals surface area contributed by atoms with E-state index >= 15 is 0 Å². The summed E-state index contributed by atoms with van der Waals surface area (Å²) in [7, 11) is 0. The Morgan fingerprint density at radius 3 is 2.28 bits per heavy atom. The molecule has 0 amide bonds. The number of hydrogen-bond acceptors (Lipinski definition) is 5. The number of ether oxygens (including phenoxy) is 1. The average Bonchev–Trinajstić information content (AvgIpc) is 3.05. The fourth-order valence-corrected chi connectivity index (χ4v) is 3.11. The highest BCUT2D eigenvalue weighted by Crippen LogP contribution is 2.44. The second-order valence-corrected chi connectivity index (χ2v) is 6.26. The van der Waals surface area contributed by atoms with E-state index in [0.29, 0.717) is 22.8 Å². The number of para-hydroxylation sites is 1. The van der Waals surface area contributed by atoms with E-state index in [4.69, 9.17) is 4.74 Å². The first kappa shape index (κ1) is 18.1. The van der Waals surface area contributed by atoms with Crippen molar-refractivity contribution in [3.05, 3.63) is 82.4 Å². The van der Waals surface area contributed by atoms with E-state index in [1.165, 1.54) is 6.07 Å². The third-order valence-corrected chi connectivity index (χ3v) is 4.42. The summed E-state index contributed by atoms with van der Waals surface area (Å²) in [6.07, 6.45) is 0. The summed E-state index contributed by atoms with van der Waals surface area (Å²) >= 11 is 0. The number of carboxylic acids is 1. The number of aromatic nitrogens is 1. The Labute approximate surface area is 164 Å². The first-order valence-electron chi connectivity index (χ1n) is 8.54. The predicted octanol–water partition coefficient (Wildman–Crippen LogP) is 4.89. The van der Waals surface area contributed by atoms with Crippen LogP contribution < -0.4 is 4.74 Å². The summed E-state index contributed by atoms with van der Waals surface area (Å²) in [5.41, 5.74) is 0.119. The van der Waals surface area contributed by atoms with Crippen LogP contribution in [0.1, 0.15) is 10.4 Å². The van der Waals surface area contributed by atoms with Crippen molar-refractivity contribution >= 4 is 11.7 Å². The van der Waals surface area contributed by atoms with Gasteiger partial charge in [-0.25, -0.2) is 4.79 Å². The minimum atomic E-state index is -1.33. The third kappa shape index (κ3) is 3.34. The van der Waals surface area contributed by atoms with Crippen molar-refractivity contribution in [2.75, 3.05) is 0 Å². The maximum atomic E-state index is 11.7. The Kier molecular flexibility index (Phi) is 4.36. The number of nitrogens with one attached hydrogen (secondary N) is 1. The Balaban J connectivity index is 1.76. The Hall–Kier alpha value is -4.33. The molecule has 2 aromatic carbocycles. The largest absolute Gasteiger partial charge is 0.505 e. The van der Waals surface area contributed by atoms with Gasteiger partial charge in [-0.2, -0.15) is 0 Å². The molecule has 0 aromatic heterocycles. The molecule has 29 heavy (non-hydrogen) atoms. The molecule has 2 aromatic rings. The molecule has 0 unspecified atom stereocenters. The summed E-state index contributed by atoms with van der Waals surface area (Å²) in [5, 5.41) is 30.8. The van der Waals surface area contributed by atoms with Gasteiger partial charge in [-0.05, 0) is 48.0 Å². The molecule has 144 valence electrons. The number of fused-ring (bicyclic) bond motifs is 1. The van der Waals surface area contributed by atoms with Crippen LogP contribution in [0.25, 0.3) is 22.5 Å². The highest BCUT2D eigenvalue weighted by molar-refractivity contribution is 6.02. The van der Waals surface area contributed by atoms with Gasteiger partial charge in [0.2, 0.25) is 0 Å². The van der Waals surface area contributed by atoms with Crippen LogP contribution in [-0.2, 0) is 0 Å². The second-order valence-electron chi connectivity index (χ2n) is 6.26. The lowest BCUT2D eigenvalue weighted by Gasteiger charge is -2.11. The normalized spacial score (nSPS) is 10.8. The molecule has 0 saturated heterocycles. The maximum absolute atomic E-state index is 11.7. The zero-order valence-electron chi connectivity index (χ0n) is 14.8. The molecule has 2 aliphatic rings. The number of aromatic hydroxyl groups is 1. The third-order valence-electron chi connectivity index (χ3n) is 4.42. The van der Waals surface area contributed by atoms with Crippen LogP contribution in [0.5, 0.6) is 17.2 Å². The monoisotopic (exact) mass is 390 g/mol. The molecule has 0 bridgehead atoms. The van der Waals surface area contributed by atoms with Gasteiger partial charge in [-0.15, -0.1) is 0 Å². The number of nitrogens with zero attached hydrogens (tertiary/aromatic N) is 1. The number of rotatable bonds is 5. The summed E-state index contributed by atoms with van der Waals surface area (Å²) in [5.74, 6) is -0.454. The summed E-state index contributed by atoms with van der Waals surface area (Å²) in [6.45, 7) is 0. The van der Waals surface area contributed by atoms with Crippen LogP contribution in [0.2, 0.25) is 0 Å². The van der Waals surface area contributed by atoms with Gasteiger partial charge < -0.3 is 19.9 Å². The van der Waals surface area contributed by atoms with Gasteiger partial charge in [0.05, 0.1) is 27.8 Å². The smallest absolute Gasteiger partial charge is 0.336 e. The zero-order valence-corrected chi connectivity index (χ0v) is 14.8. The van der Waals surface area contributed by atoms with Gasteiger partial charge in [0.15, 0.2) is 0 Å². The van der Waals surface area contributed by atoms with E-state index in [2.05, 4.69) is 4.98 Å². The van der Waals surface area contributed by atoms with Gasteiger partial charge >= 0.3 is 5.97 Å². The van der Waals surface area contributed by atoms with Crippen LogP contribution in [-0.4, -0.2) is 26.1 Å². The number of hydrogen-bond donors (Lipinski definition) is 3. The highest BCUT2D eigenvalue weighted by Gasteiger charge is 2.31. The molecule has 4 rings (SSSR count). The van der Waals surface area contributed by atoms with Crippen molar-refractivity contribution in [3.8, 4) is 39.8 Å². The predicted molar refractivity (Wildman–Crippen MR) is 105 cm³/mol.